The van der Waals surface area contributed by atoms with Crippen molar-refractivity contribution in [2.24, 2.45) is 0 Å². The second kappa shape index (κ2) is 8.12. The molecule has 27 heavy (non-hydrogen) atoms. The average Bonchev–Trinajstić information content (AvgIpc) is 2.72. The summed E-state index contributed by atoms with van der Waals surface area (Å²) in [6, 6.07) is 22.8. The van der Waals surface area contributed by atoms with Crippen LogP contribution in [0.1, 0.15) is 5.56 Å². The van der Waals surface area contributed by atoms with E-state index in [0.29, 0.717) is 11.3 Å². The minimum absolute atomic E-state index is 0.380. The molecule has 0 fully saturated rings. The SMILES string of the molecule is COC(OC)(C(=O)Nc1ccc(F)cc1)c1ccc(-c2ccccc2)cc1. The van der Waals surface area contributed by atoms with Gasteiger partial charge in [0.05, 0.1) is 0 Å². The number of halogens is 1. The van der Waals surface area contributed by atoms with Gasteiger partial charge in [-0.1, -0.05) is 54.6 Å². The lowest BCUT2D eigenvalue weighted by Gasteiger charge is -2.29. The Kier molecular flexibility index (Phi) is 5.64. The largest absolute Gasteiger partial charge is 0.342 e. The summed E-state index contributed by atoms with van der Waals surface area (Å²) in [6.45, 7) is 0. The zero-order valence-electron chi connectivity index (χ0n) is 15.1. The van der Waals surface area contributed by atoms with Crippen molar-refractivity contribution in [1.29, 1.82) is 0 Å². The fourth-order valence-electron chi connectivity index (χ4n) is 2.89. The lowest BCUT2D eigenvalue weighted by atomic mass is 9.99. The van der Waals surface area contributed by atoms with E-state index in [1.807, 2.05) is 42.5 Å². The van der Waals surface area contributed by atoms with Crippen molar-refractivity contribution in [1.82, 2.24) is 0 Å². The molecule has 4 nitrogen and oxygen atoms in total. The van der Waals surface area contributed by atoms with Crippen molar-refractivity contribution in [2.75, 3.05) is 19.5 Å². The van der Waals surface area contributed by atoms with Gasteiger partial charge in [-0.3, -0.25) is 4.79 Å². The number of nitrogens with one attached hydrogen (secondary N) is 1. The fourth-order valence-corrected chi connectivity index (χ4v) is 2.89. The third-order valence-electron chi connectivity index (χ3n) is 4.35. The molecule has 3 aromatic rings. The molecule has 0 saturated heterocycles. The first-order valence-electron chi connectivity index (χ1n) is 8.42. The molecule has 0 bridgehead atoms. The summed E-state index contributed by atoms with van der Waals surface area (Å²) in [5, 5.41) is 2.70. The van der Waals surface area contributed by atoms with Crippen LogP contribution in [-0.4, -0.2) is 20.1 Å². The van der Waals surface area contributed by atoms with Crippen LogP contribution >= 0.6 is 0 Å². The van der Waals surface area contributed by atoms with E-state index in [1.165, 1.54) is 38.5 Å². The van der Waals surface area contributed by atoms with E-state index >= 15 is 0 Å². The first-order valence-corrected chi connectivity index (χ1v) is 8.42. The Morgan fingerprint density at radius 2 is 1.37 bits per heavy atom. The number of methoxy groups -OCH3 is 2. The molecule has 5 heteroatoms. The molecule has 0 spiro atoms. The molecular formula is C22H20FNO3. The highest BCUT2D eigenvalue weighted by molar-refractivity contribution is 5.97. The molecule has 0 atom stereocenters. The van der Waals surface area contributed by atoms with E-state index < -0.39 is 11.7 Å². The van der Waals surface area contributed by atoms with Crippen molar-refractivity contribution in [3.8, 4) is 11.1 Å². The molecule has 0 saturated carbocycles. The Labute approximate surface area is 157 Å². The number of hydrogen-bond donors (Lipinski definition) is 1. The lowest BCUT2D eigenvalue weighted by Crippen LogP contribution is -2.43. The van der Waals surface area contributed by atoms with E-state index in [2.05, 4.69) is 5.32 Å². The molecule has 3 rings (SSSR count). The van der Waals surface area contributed by atoms with E-state index in [4.69, 9.17) is 9.47 Å². The smallest absolute Gasteiger partial charge is 0.289 e. The van der Waals surface area contributed by atoms with Crippen LogP contribution in [0, 0.1) is 5.82 Å². The van der Waals surface area contributed by atoms with Gasteiger partial charge in [-0.25, -0.2) is 4.39 Å². The molecule has 3 aromatic carbocycles. The topological polar surface area (TPSA) is 47.6 Å². The summed E-state index contributed by atoms with van der Waals surface area (Å²) in [7, 11) is 2.80. The summed E-state index contributed by atoms with van der Waals surface area (Å²) < 4.78 is 24.0. The molecule has 0 aliphatic carbocycles. The Bertz CT molecular complexity index is 889. The van der Waals surface area contributed by atoms with Crippen LogP contribution in [0.5, 0.6) is 0 Å². The van der Waals surface area contributed by atoms with Gasteiger partial charge in [0, 0.05) is 25.5 Å². The number of benzene rings is 3. The first kappa shape index (κ1) is 18.8. The molecule has 0 radical (unpaired) electrons. The van der Waals surface area contributed by atoms with Gasteiger partial charge in [0.25, 0.3) is 11.7 Å². The maximum Gasteiger partial charge on any atom is 0.289 e. The van der Waals surface area contributed by atoms with Gasteiger partial charge in [0.2, 0.25) is 0 Å². The van der Waals surface area contributed by atoms with E-state index in [0.717, 1.165) is 11.1 Å². The number of rotatable bonds is 6. The normalized spacial score (nSPS) is 11.2. The second-order valence-corrected chi connectivity index (χ2v) is 5.93. The molecule has 1 amide bonds. The zero-order valence-corrected chi connectivity index (χ0v) is 15.1. The van der Waals surface area contributed by atoms with E-state index in [1.54, 1.807) is 12.1 Å². The summed E-state index contributed by atoms with van der Waals surface area (Å²) in [5.41, 5.74) is 3.08. The average molecular weight is 365 g/mol. The quantitative estimate of drug-likeness (QED) is 0.651. The Balaban J connectivity index is 1.89. The minimum Gasteiger partial charge on any atom is -0.342 e. The number of anilines is 1. The lowest BCUT2D eigenvalue weighted by molar-refractivity contribution is -0.210. The highest BCUT2D eigenvalue weighted by Gasteiger charge is 2.41. The van der Waals surface area contributed by atoms with Crippen molar-refractivity contribution < 1.29 is 18.7 Å². The zero-order chi connectivity index (χ0) is 19.3. The summed E-state index contributed by atoms with van der Waals surface area (Å²) in [5.74, 6) is -2.51. The second-order valence-electron chi connectivity index (χ2n) is 5.93. The molecule has 0 aliphatic heterocycles. The Morgan fingerprint density at radius 3 is 1.93 bits per heavy atom. The van der Waals surface area contributed by atoms with Gasteiger partial charge in [-0.05, 0) is 35.4 Å². The monoisotopic (exact) mass is 365 g/mol. The molecule has 138 valence electrons. The van der Waals surface area contributed by atoms with Crippen molar-refractivity contribution in [3.05, 3.63) is 90.2 Å². The van der Waals surface area contributed by atoms with Crippen molar-refractivity contribution in [3.63, 3.8) is 0 Å². The minimum atomic E-state index is -1.62. The molecule has 0 aromatic heterocycles. The Hall–Kier alpha value is -3.02. The molecule has 0 aliphatic rings. The maximum absolute atomic E-state index is 13.1. The van der Waals surface area contributed by atoms with Gasteiger partial charge in [-0.2, -0.15) is 0 Å². The number of amides is 1. The third-order valence-corrected chi connectivity index (χ3v) is 4.35. The highest BCUT2D eigenvalue weighted by atomic mass is 19.1. The van der Waals surface area contributed by atoms with Gasteiger partial charge < -0.3 is 14.8 Å². The van der Waals surface area contributed by atoms with Crippen LogP contribution in [0.4, 0.5) is 10.1 Å². The van der Waals surface area contributed by atoms with Gasteiger partial charge >= 0.3 is 0 Å². The molecular weight excluding hydrogens is 345 g/mol. The van der Waals surface area contributed by atoms with Crippen LogP contribution in [0.25, 0.3) is 11.1 Å². The van der Waals surface area contributed by atoms with Crippen LogP contribution < -0.4 is 5.32 Å². The summed E-state index contributed by atoms with van der Waals surface area (Å²) >= 11 is 0. The molecule has 0 heterocycles. The predicted molar refractivity (Wildman–Crippen MR) is 103 cm³/mol. The van der Waals surface area contributed by atoms with Gasteiger partial charge in [0.1, 0.15) is 5.82 Å². The van der Waals surface area contributed by atoms with Gasteiger partial charge in [0.15, 0.2) is 0 Å². The molecule has 0 unspecified atom stereocenters. The van der Waals surface area contributed by atoms with E-state index in [9.17, 15) is 9.18 Å². The third kappa shape index (κ3) is 3.89. The number of ether oxygens (including phenoxy) is 2. The van der Waals surface area contributed by atoms with Crippen LogP contribution in [0.15, 0.2) is 78.9 Å². The van der Waals surface area contributed by atoms with Crippen molar-refractivity contribution in [2.45, 2.75) is 5.79 Å². The summed E-state index contributed by atoms with van der Waals surface area (Å²) in [6.07, 6.45) is 0. The fraction of sp³-hybridized carbons (Fsp3) is 0.136. The molecule has 1 N–H and O–H groups in total. The Morgan fingerprint density at radius 1 is 0.815 bits per heavy atom. The van der Waals surface area contributed by atoms with Crippen LogP contribution in [-0.2, 0) is 20.1 Å². The van der Waals surface area contributed by atoms with Crippen LogP contribution in [0.2, 0.25) is 0 Å². The number of hydrogen-bond acceptors (Lipinski definition) is 3. The summed E-state index contributed by atoms with van der Waals surface area (Å²) in [4.78, 5) is 12.9. The predicted octanol–water partition coefficient (Wildman–Crippen LogP) is 4.58. The highest BCUT2D eigenvalue weighted by Crippen LogP contribution is 2.30. The van der Waals surface area contributed by atoms with Crippen molar-refractivity contribution >= 4 is 11.6 Å². The standard InChI is InChI=1S/C22H20FNO3/c1-26-22(27-2,21(25)24-20-14-12-19(23)13-15-20)18-10-8-17(9-11-18)16-6-4-3-5-7-16/h3-15H,1-2H3,(H,24,25). The van der Waals surface area contributed by atoms with Crippen LogP contribution in [0.3, 0.4) is 0 Å². The number of carbonyl (C=O) groups is 1. The van der Waals surface area contributed by atoms with Gasteiger partial charge in [-0.15, -0.1) is 0 Å². The first-order chi connectivity index (χ1) is 13.1. The maximum atomic E-state index is 13.1. The van der Waals surface area contributed by atoms with E-state index in [-0.39, 0.29) is 5.82 Å². The number of carbonyl (C=O) groups excluding carboxylic acids is 1.